The number of ether oxygens (including phenoxy) is 1. The highest BCUT2D eigenvalue weighted by Crippen LogP contribution is 2.29. The van der Waals surface area contributed by atoms with Crippen LogP contribution in [0.2, 0.25) is 0 Å². The number of carbonyl (C=O) groups is 1. The van der Waals surface area contributed by atoms with Crippen molar-refractivity contribution in [2.75, 3.05) is 24.9 Å². The molecule has 0 atom stereocenters. The fraction of sp³-hybridized carbons (Fsp3) is 0.278. The van der Waals surface area contributed by atoms with Crippen LogP contribution in [-0.2, 0) is 10.0 Å². The van der Waals surface area contributed by atoms with Gasteiger partial charge in [0.1, 0.15) is 5.75 Å². The van der Waals surface area contributed by atoms with Crippen molar-refractivity contribution in [2.24, 2.45) is 0 Å². The van der Waals surface area contributed by atoms with Gasteiger partial charge in [-0.2, -0.15) is 0 Å². The minimum Gasteiger partial charge on any atom is -0.496 e. The van der Waals surface area contributed by atoms with E-state index in [1.807, 2.05) is 0 Å². The Morgan fingerprint density at radius 2 is 1.88 bits per heavy atom. The summed E-state index contributed by atoms with van der Waals surface area (Å²) >= 11 is 3.33. The van der Waals surface area contributed by atoms with Gasteiger partial charge in [-0.25, -0.2) is 8.42 Å². The van der Waals surface area contributed by atoms with Gasteiger partial charge in [0.2, 0.25) is 0 Å². The average Bonchev–Trinajstić information content (AvgIpc) is 3.16. The SMILES string of the molecule is COc1ccc(NS(=O)(=O)c2cccc(C(=O)N3CCCC3)c2)cc1Br. The first-order valence-electron chi connectivity index (χ1n) is 8.16. The molecule has 1 fully saturated rings. The second-order valence-corrected chi connectivity index (χ2v) is 8.52. The lowest BCUT2D eigenvalue weighted by atomic mass is 10.2. The maximum absolute atomic E-state index is 12.7. The molecular weight excluding hydrogens is 420 g/mol. The van der Waals surface area contributed by atoms with E-state index in [2.05, 4.69) is 20.7 Å². The number of amides is 1. The zero-order chi connectivity index (χ0) is 18.7. The monoisotopic (exact) mass is 438 g/mol. The van der Waals surface area contributed by atoms with Crippen LogP contribution in [0.15, 0.2) is 51.8 Å². The summed E-state index contributed by atoms with van der Waals surface area (Å²) in [5.41, 5.74) is 0.777. The number of anilines is 1. The van der Waals surface area contributed by atoms with Gasteiger partial charge < -0.3 is 9.64 Å². The second kappa shape index (κ2) is 7.67. The molecule has 2 aromatic rings. The van der Waals surface area contributed by atoms with Crippen LogP contribution in [0.5, 0.6) is 5.75 Å². The molecule has 1 heterocycles. The summed E-state index contributed by atoms with van der Waals surface area (Å²) in [5.74, 6) is 0.470. The Morgan fingerprint density at radius 1 is 1.15 bits per heavy atom. The van der Waals surface area contributed by atoms with Gasteiger partial charge in [0.15, 0.2) is 0 Å². The van der Waals surface area contributed by atoms with E-state index in [4.69, 9.17) is 4.74 Å². The predicted octanol–water partition coefficient (Wildman–Crippen LogP) is 3.49. The molecule has 1 aliphatic rings. The Bertz CT molecular complexity index is 925. The van der Waals surface area contributed by atoms with Gasteiger partial charge in [-0.3, -0.25) is 9.52 Å². The molecule has 6 nitrogen and oxygen atoms in total. The molecule has 0 aromatic heterocycles. The van der Waals surface area contributed by atoms with Crippen molar-refractivity contribution >= 4 is 37.5 Å². The van der Waals surface area contributed by atoms with Crippen LogP contribution in [0.3, 0.4) is 0 Å². The van der Waals surface area contributed by atoms with E-state index in [0.29, 0.717) is 34.6 Å². The zero-order valence-electron chi connectivity index (χ0n) is 14.2. The Kier molecular flexibility index (Phi) is 5.52. The smallest absolute Gasteiger partial charge is 0.261 e. The Balaban J connectivity index is 1.84. The number of hydrogen-bond donors (Lipinski definition) is 1. The molecule has 0 aliphatic carbocycles. The van der Waals surface area contributed by atoms with Crippen molar-refractivity contribution in [2.45, 2.75) is 17.7 Å². The van der Waals surface area contributed by atoms with Gasteiger partial charge >= 0.3 is 0 Å². The van der Waals surface area contributed by atoms with Crippen LogP contribution in [0.1, 0.15) is 23.2 Å². The maximum atomic E-state index is 12.7. The number of likely N-dealkylation sites (tertiary alicyclic amines) is 1. The fourth-order valence-corrected chi connectivity index (χ4v) is 4.48. The minimum atomic E-state index is -3.81. The summed E-state index contributed by atoms with van der Waals surface area (Å²) in [5, 5.41) is 0. The molecule has 0 spiro atoms. The normalized spacial score (nSPS) is 14.3. The standard InChI is InChI=1S/C18H19BrN2O4S/c1-25-17-8-7-14(12-16(17)19)20-26(23,24)15-6-4-5-13(11-15)18(22)21-9-2-3-10-21/h4-8,11-12,20H,2-3,9-10H2,1H3. The number of methoxy groups -OCH3 is 1. The van der Waals surface area contributed by atoms with Gasteiger partial charge in [-0.1, -0.05) is 6.07 Å². The molecule has 0 radical (unpaired) electrons. The van der Waals surface area contributed by atoms with Crippen LogP contribution in [0.4, 0.5) is 5.69 Å². The van der Waals surface area contributed by atoms with E-state index in [1.54, 1.807) is 35.2 Å². The van der Waals surface area contributed by atoms with Crippen molar-refractivity contribution in [3.8, 4) is 5.75 Å². The number of nitrogens with one attached hydrogen (secondary N) is 1. The highest BCUT2D eigenvalue weighted by atomic mass is 79.9. The molecular formula is C18H19BrN2O4S. The van der Waals surface area contributed by atoms with Crippen molar-refractivity contribution in [3.63, 3.8) is 0 Å². The first-order valence-corrected chi connectivity index (χ1v) is 10.4. The van der Waals surface area contributed by atoms with E-state index < -0.39 is 10.0 Å². The lowest BCUT2D eigenvalue weighted by Gasteiger charge is -2.16. The second-order valence-electron chi connectivity index (χ2n) is 5.98. The van der Waals surface area contributed by atoms with Crippen LogP contribution < -0.4 is 9.46 Å². The molecule has 2 aromatic carbocycles. The van der Waals surface area contributed by atoms with Crippen LogP contribution in [0, 0.1) is 0 Å². The third kappa shape index (κ3) is 4.02. The molecule has 3 rings (SSSR count). The molecule has 1 N–H and O–H groups in total. The highest BCUT2D eigenvalue weighted by Gasteiger charge is 2.22. The third-order valence-electron chi connectivity index (χ3n) is 4.19. The number of halogens is 1. The van der Waals surface area contributed by atoms with Crippen molar-refractivity contribution < 1.29 is 17.9 Å². The Morgan fingerprint density at radius 3 is 2.54 bits per heavy atom. The summed E-state index contributed by atoms with van der Waals surface area (Å²) in [7, 11) is -2.28. The number of nitrogens with zero attached hydrogens (tertiary/aromatic N) is 1. The number of benzene rings is 2. The van der Waals surface area contributed by atoms with Crippen LogP contribution in [-0.4, -0.2) is 39.4 Å². The largest absolute Gasteiger partial charge is 0.496 e. The molecule has 0 bridgehead atoms. The van der Waals surface area contributed by atoms with E-state index in [0.717, 1.165) is 12.8 Å². The van der Waals surface area contributed by atoms with Crippen molar-refractivity contribution in [1.82, 2.24) is 4.90 Å². The average molecular weight is 439 g/mol. The Hall–Kier alpha value is -2.06. The van der Waals surface area contributed by atoms with E-state index in [-0.39, 0.29) is 10.8 Å². The number of sulfonamides is 1. The predicted molar refractivity (Wildman–Crippen MR) is 103 cm³/mol. The molecule has 0 saturated carbocycles. The summed E-state index contributed by atoms with van der Waals surface area (Å²) in [6.45, 7) is 1.43. The molecule has 1 amide bonds. The lowest BCUT2D eigenvalue weighted by Crippen LogP contribution is -2.27. The fourth-order valence-electron chi connectivity index (χ4n) is 2.84. The van der Waals surface area contributed by atoms with E-state index in [1.165, 1.54) is 19.2 Å². The van der Waals surface area contributed by atoms with Crippen LogP contribution in [0.25, 0.3) is 0 Å². The summed E-state index contributed by atoms with van der Waals surface area (Å²) in [4.78, 5) is 14.3. The van der Waals surface area contributed by atoms with Gasteiger partial charge in [0.05, 0.1) is 22.2 Å². The first kappa shape index (κ1) is 18.7. The highest BCUT2D eigenvalue weighted by molar-refractivity contribution is 9.10. The summed E-state index contributed by atoms with van der Waals surface area (Å²) < 4.78 is 33.7. The van der Waals surface area contributed by atoms with E-state index in [9.17, 15) is 13.2 Å². The first-order chi connectivity index (χ1) is 12.4. The molecule has 26 heavy (non-hydrogen) atoms. The molecule has 8 heteroatoms. The third-order valence-corrected chi connectivity index (χ3v) is 6.19. The Labute approximate surface area is 161 Å². The van der Waals surface area contributed by atoms with Crippen molar-refractivity contribution in [3.05, 3.63) is 52.5 Å². The molecule has 1 saturated heterocycles. The number of hydrogen-bond acceptors (Lipinski definition) is 4. The van der Waals surface area contributed by atoms with E-state index >= 15 is 0 Å². The maximum Gasteiger partial charge on any atom is 0.261 e. The summed E-state index contributed by atoms with van der Waals surface area (Å²) in [6, 6.07) is 11.0. The van der Waals surface area contributed by atoms with Gasteiger partial charge in [0, 0.05) is 18.7 Å². The summed E-state index contributed by atoms with van der Waals surface area (Å²) in [6.07, 6.45) is 1.97. The molecule has 1 aliphatic heterocycles. The quantitative estimate of drug-likeness (QED) is 0.774. The van der Waals surface area contributed by atoms with Crippen LogP contribution >= 0.6 is 15.9 Å². The van der Waals surface area contributed by atoms with Gasteiger partial charge in [0.25, 0.3) is 15.9 Å². The molecule has 138 valence electrons. The van der Waals surface area contributed by atoms with Crippen molar-refractivity contribution in [1.29, 1.82) is 0 Å². The topological polar surface area (TPSA) is 75.7 Å². The minimum absolute atomic E-state index is 0.0505. The zero-order valence-corrected chi connectivity index (χ0v) is 16.6. The van der Waals surface area contributed by atoms with Gasteiger partial charge in [-0.05, 0) is 65.2 Å². The number of rotatable bonds is 5. The van der Waals surface area contributed by atoms with Gasteiger partial charge in [-0.15, -0.1) is 0 Å². The molecule has 0 unspecified atom stereocenters. The number of carbonyl (C=O) groups excluding carboxylic acids is 1. The lowest BCUT2D eigenvalue weighted by molar-refractivity contribution is 0.0792.